The molecule has 7 heteroatoms. The van der Waals surface area contributed by atoms with E-state index in [2.05, 4.69) is 17.1 Å². The number of amides is 2. The van der Waals surface area contributed by atoms with Crippen LogP contribution in [0.15, 0.2) is 48.7 Å². The second-order valence-corrected chi connectivity index (χ2v) is 6.75. The zero-order chi connectivity index (χ0) is 19.9. The number of carbonyl (C=O) groups is 3. The van der Waals surface area contributed by atoms with E-state index in [1.54, 1.807) is 9.80 Å². The molecule has 1 aliphatic rings. The summed E-state index contributed by atoms with van der Waals surface area (Å²) in [6.45, 7) is 1.86. The van der Waals surface area contributed by atoms with Gasteiger partial charge in [0, 0.05) is 44.4 Å². The standard InChI is InChI=1S/C21H23N3O4/c25-19(8-4-7-16-5-2-1-3-6-16)23-11-13-24(14-12-23)20(26)17-9-10-22-18(15-17)21(27)28/h1-3,5-6,9-10,15H,4,7-8,11-14H2,(H,27,28). The van der Waals surface area contributed by atoms with E-state index in [1.165, 1.54) is 23.9 Å². The highest BCUT2D eigenvalue weighted by Gasteiger charge is 2.25. The number of aryl methyl sites for hydroxylation is 1. The number of rotatable bonds is 6. The van der Waals surface area contributed by atoms with Crippen molar-refractivity contribution in [3.05, 3.63) is 65.5 Å². The lowest BCUT2D eigenvalue weighted by Crippen LogP contribution is -2.50. The molecule has 1 fully saturated rings. The lowest BCUT2D eigenvalue weighted by Gasteiger charge is -2.35. The van der Waals surface area contributed by atoms with Gasteiger partial charge < -0.3 is 14.9 Å². The molecule has 2 amide bonds. The van der Waals surface area contributed by atoms with Crippen LogP contribution in [-0.2, 0) is 11.2 Å². The molecule has 1 aromatic heterocycles. The number of hydrogen-bond donors (Lipinski definition) is 1. The molecular formula is C21H23N3O4. The molecule has 1 aliphatic heterocycles. The quantitative estimate of drug-likeness (QED) is 0.827. The van der Waals surface area contributed by atoms with Crippen molar-refractivity contribution in [2.75, 3.05) is 26.2 Å². The number of aromatic nitrogens is 1. The Morgan fingerprint density at radius 1 is 0.964 bits per heavy atom. The molecule has 7 nitrogen and oxygen atoms in total. The number of carbonyl (C=O) groups excluding carboxylic acids is 2. The maximum absolute atomic E-state index is 12.6. The molecule has 0 bridgehead atoms. The Balaban J connectivity index is 1.47. The van der Waals surface area contributed by atoms with Gasteiger partial charge in [0.25, 0.3) is 5.91 Å². The summed E-state index contributed by atoms with van der Waals surface area (Å²) in [5, 5.41) is 9.01. The number of nitrogens with zero attached hydrogens (tertiary/aromatic N) is 3. The van der Waals surface area contributed by atoms with Gasteiger partial charge in [-0.15, -0.1) is 0 Å². The molecule has 0 spiro atoms. The first-order chi connectivity index (χ1) is 13.5. The molecule has 0 radical (unpaired) electrons. The predicted molar refractivity (Wildman–Crippen MR) is 103 cm³/mol. The highest BCUT2D eigenvalue weighted by molar-refractivity contribution is 5.96. The first-order valence-electron chi connectivity index (χ1n) is 9.35. The van der Waals surface area contributed by atoms with Crippen LogP contribution >= 0.6 is 0 Å². The van der Waals surface area contributed by atoms with E-state index in [1.807, 2.05) is 18.2 Å². The number of pyridine rings is 1. The van der Waals surface area contributed by atoms with Crippen molar-refractivity contribution in [2.24, 2.45) is 0 Å². The van der Waals surface area contributed by atoms with Gasteiger partial charge in [0.15, 0.2) is 0 Å². The van der Waals surface area contributed by atoms with Crippen molar-refractivity contribution >= 4 is 17.8 Å². The van der Waals surface area contributed by atoms with Gasteiger partial charge in [-0.25, -0.2) is 9.78 Å². The minimum absolute atomic E-state index is 0.111. The van der Waals surface area contributed by atoms with Crippen LogP contribution in [0.1, 0.15) is 39.3 Å². The number of piperazine rings is 1. The highest BCUT2D eigenvalue weighted by Crippen LogP contribution is 2.12. The fourth-order valence-electron chi connectivity index (χ4n) is 3.27. The first-order valence-corrected chi connectivity index (χ1v) is 9.35. The number of aromatic carboxylic acids is 1. The van der Waals surface area contributed by atoms with Crippen LogP contribution in [0.3, 0.4) is 0 Å². The number of benzene rings is 1. The average molecular weight is 381 g/mol. The molecule has 1 aromatic carbocycles. The zero-order valence-electron chi connectivity index (χ0n) is 15.6. The largest absolute Gasteiger partial charge is 0.477 e. The van der Waals surface area contributed by atoms with Crippen molar-refractivity contribution < 1.29 is 19.5 Å². The summed E-state index contributed by atoms with van der Waals surface area (Å²) in [6.07, 6.45) is 3.49. The molecule has 0 atom stereocenters. The maximum atomic E-state index is 12.6. The van der Waals surface area contributed by atoms with Gasteiger partial charge in [-0.2, -0.15) is 0 Å². The van der Waals surface area contributed by atoms with Gasteiger partial charge in [-0.1, -0.05) is 30.3 Å². The Morgan fingerprint density at radius 2 is 1.64 bits per heavy atom. The van der Waals surface area contributed by atoms with Crippen LogP contribution in [0.25, 0.3) is 0 Å². The Kier molecular flexibility index (Phi) is 6.37. The van der Waals surface area contributed by atoms with Crippen molar-refractivity contribution in [2.45, 2.75) is 19.3 Å². The van der Waals surface area contributed by atoms with Crippen molar-refractivity contribution in [1.29, 1.82) is 0 Å². The van der Waals surface area contributed by atoms with E-state index < -0.39 is 5.97 Å². The van der Waals surface area contributed by atoms with Crippen molar-refractivity contribution in [1.82, 2.24) is 14.8 Å². The Hall–Kier alpha value is -3.22. The molecule has 2 aromatic rings. The minimum atomic E-state index is -1.17. The molecular weight excluding hydrogens is 358 g/mol. The van der Waals surface area contributed by atoms with Crippen molar-refractivity contribution in [3.8, 4) is 0 Å². The van der Waals surface area contributed by atoms with Crippen LogP contribution in [0.5, 0.6) is 0 Å². The molecule has 1 N–H and O–H groups in total. The van der Waals surface area contributed by atoms with Crippen molar-refractivity contribution in [3.63, 3.8) is 0 Å². The normalized spacial score (nSPS) is 14.0. The molecule has 0 unspecified atom stereocenters. The molecule has 0 aliphatic carbocycles. The van der Waals surface area contributed by atoms with Gasteiger partial charge in [0.1, 0.15) is 5.69 Å². The topological polar surface area (TPSA) is 90.8 Å². The van der Waals surface area contributed by atoms with E-state index >= 15 is 0 Å². The van der Waals surface area contributed by atoms with Crippen LogP contribution < -0.4 is 0 Å². The summed E-state index contributed by atoms with van der Waals surface area (Å²) in [4.78, 5) is 43.2. The van der Waals surface area contributed by atoms with Gasteiger partial charge in [0.05, 0.1) is 0 Å². The Morgan fingerprint density at radius 3 is 2.32 bits per heavy atom. The average Bonchev–Trinajstić information content (AvgIpc) is 2.74. The summed E-state index contributed by atoms with van der Waals surface area (Å²) in [7, 11) is 0. The molecule has 1 saturated heterocycles. The lowest BCUT2D eigenvalue weighted by molar-refractivity contribution is -0.132. The number of hydrogen-bond acceptors (Lipinski definition) is 4. The van der Waals surface area contributed by atoms with Crippen LogP contribution in [0.2, 0.25) is 0 Å². The van der Waals surface area contributed by atoms with Crippen LogP contribution in [0, 0.1) is 0 Å². The summed E-state index contributed by atoms with van der Waals surface area (Å²) < 4.78 is 0. The smallest absolute Gasteiger partial charge is 0.354 e. The fraction of sp³-hybridized carbons (Fsp3) is 0.333. The molecule has 3 rings (SSSR count). The number of carboxylic acid groups (broad SMARTS) is 1. The maximum Gasteiger partial charge on any atom is 0.354 e. The SMILES string of the molecule is O=C(O)c1cc(C(=O)N2CCN(C(=O)CCCc3ccccc3)CC2)ccn1. The fourth-order valence-corrected chi connectivity index (χ4v) is 3.27. The third kappa shape index (κ3) is 4.94. The van der Waals surface area contributed by atoms with Gasteiger partial charge in [-0.3, -0.25) is 9.59 Å². The van der Waals surface area contributed by atoms with E-state index in [9.17, 15) is 14.4 Å². The van der Waals surface area contributed by atoms with E-state index in [0.717, 1.165) is 12.8 Å². The molecule has 0 saturated carbocycles. The van der Waals surface area contributed by atoms with Crippen LogP contribution in [-0.4, -0.2) is 63.9 Å². The second kappa shape index (κ2) is 9.12. The van der Waals surface area contributed by atoms with E-state index in [0.29, 0.717) is 38.2 Å². The van der Waals surface area contributed by atoms with E-state index in [-0.39, 0.29) is 17.5 Å². The predicted octanol–water partition coefficient (Wildman–Crippen LogP) is 2.09. The Labute approximate surface area is 163 Å². The van der Waals surface area contributed by atoms with Gasteiger partial charge >= 0.3 is 5.97 Å². The molecule has 146 valence electrons. The summed E-state index contributed by atoms with van der Waals surface area (Å²) in [6, 6.07) is 12.9. The van der Waals surface area contributed by atoms with E-state index in [4.69, 9.17) is 5.11 Å². The first kappa shape index (κ1) is 19.5. The second-order valence-electron chi connectivity index (χ2n) is 6.75. The van der Waals surface area contributed by atoms with Gasteiger partial charge in [0.2, 0.25) is 5.91 Å². The van der Waals surface area contributed by atoms with Crippen LogP contribution in [0.4, 0.5) is 0 Å². The third-order valence-electron chi connectivity index (χ3n) is 4.84. The third-order valence-corrected chi connectivity index (χ3v) is 4.84. The number of carboxylic acids is 1. The highest BCUT2D eigenvalue weighted by atomic mass is 16.4. The Bertz CT molecular complexity index is 846. The lowest BCUT2D eigenvalue weighted by atomic mass is 10.1. The van der Waals surface area contributed by atoms with Gasteiger partial charge in [-0.05, 0) is 30.5 Å². The zero-order valence-corrected chi connectivity index (χ0v) is 15.6. The summed E-state index contributed by atoms with van der Waals surface area (Å²) >= 11 is 0. The molecule has 2 heterocycles. The minimum Gasteiger partial charge on any atom is -0.477 e. The molecule has 28 heavy (non-hydrogen) atoms. The summed E-state index contributed by atoms with van der Waals surface area (Å²) in [5.41, 5.74) is 1.37. The summed E-state index contributed by atoms with van der Waals surface area (Å²) in [5.74, 6) is -1.29. The monoisotopic (exact) mass is 381 g/mol.